The summed E-state index contributed by atoms with van der Waals surface area (Å²) >= 11 is 0. The van der Waals surface area contributed by atoms with E-state index in [0.717, 1.165) is 37.2 Å². The SMILES string of the molecule is CC(C)(C)NCCc1cc(CCc2ccccc2)ncn1. The summed E-state index contributed by atoms with van der Waals surface area (Å²) in [5.41, 5.74) is 3.75. The van der Waals surface area contributed by atoms with Gasteiger partial charge in [0.2, 0.25) is 0 Å². The Balaban J connectivity index is 1.86. The van der Waals surface area contributed by atoms with Gasteiger partial charge in [0.25, 0.3) is 0 Å². The average molecular weight is 283 g/mol. The Morgan fingerprint density at radius 3 is 2.24 bits per heavy atom. The molecule has 1 aromatic carbocycles. The maximum atomic E-state index is 4.38. The molecule has 0 spiro atoms. The van der Waals surface area contributed by atoms with E-state index < -0.39 is 0 Å². The first-order valence-electron chi connectivity index (χ1n) is 7.62. The van der Waals surface area contributed by atoms with Gasteiger partial charge in [-0.15, -0.1) is 0 Å². The van der Waals surface area contributed by atoms with Crippen LogP contribution in [0.2, 0.25) is 0 Å². The number of aryl methyl sites for hydroxylation is 2. The molecule has 0 saturated carbocycles. The molecule has 1 aromatic heterocycles. The van der Waals surface area contributed by atoms with E-state index in [9.17, 15) is 0 Å². The Labute approximate surface area is 127 Å². The number of hydrogen-bond acceptors (Lipinski definition) is 3. The summed E-state index contributed by atoms with van der Waals surface area (Å²) < 4.78 is 0. The van der Waals surface area contributed by atoms with Gasteiger partial charge in [-0.25, -0.2) is 9.97 Å². The van der Waals surface area contributed by atoms with Crippen LogP contribution in [-0.2, 0) is 19.3 Å². The van der Waals surface area contributed by atoms with E-state index in [1.165, 1.54) is 5.56 Å². The molecule has 0 atom stereocenters. The van der Waals surface area contributed by atoms with Crippen LogP contribution < -0.4 is 5.32 Å². The third-order valence-corrected chi connectivity index (χ3v) is 3.33. The van der Waals surface area contributed by atoms with Gasteiger partial charge in [-0.2, -0.15) is 0 Å². The predicted octanol–water partition coefficient (Wildman–Crippen LogP) is 3.19. The number of benzene rings is 1. The van der Waals surface area contributed by atoms with Crippen molar-refractivity contribution in [1.82, 2.24) is 15.3 Å². The zero-order valence-corrected chi connectivity index (χ0v) is 13.3. The number of nitrogens with zero attached hydrogens (tertiary/aromatic N) is 2. The molecule has 0 fully saturated rings. The van der Waals surface area contributed by atoms with E-state index >= 15 is 0 Å². The highest BCUT2D eigenvalue weighted by atomic mass is 14.9. The molecule has 3 heteroatoms. The molecule has 2 rings (SSSR count). The number of hydrogen-bond donors (Lipinski definition) is 1. The molecule has 3 nitrogen and oxygen atoms in total. The third kappa shape index (κ3) is 6.05. The van der Waals surface area contributed by atoms with Crippen LogP contribution in [-0.4, -0.2) is 22.1 Å². The van der Waals surface area contributed by atoms with Gasteiger partial charge in [-0.3, -0.25) is 0 Å². The first kappa shape index (κ1) is 15.6. The van der Waals surface area contributed by atoms with Gasteiger partial charge >= 0.3 is 0 Å². The van der Waals surface area contributed by atoms with Crippen molar-refractivity contribution in [3.63, 3.8) is 0 Å². The molecule has 1 N–H and O–H groups in total. The van der Waals surface area contributed by atoms with Gasteiger partial charge in [0.15, 0.2) is 0 Å². The Hall–Kier alpha value is -1.74. The molecule has 112 valence electrons. The highest BCUT2D eigenvalue weighted by molar-refractivity contribution is 5.17. The second kappa shape index (κ2) is 7.32. The number of rotatable bonds is 6. The average Bonchev–Trinajstić information content (AvgIpc) is 2.45. The smallest absolute Gasteiger partial charge is 0.115 e. The van der Waals surface area contributed by atoms with Gasteiger partial charge < -0.3 is 5.32 Å². The van der Waals surface area contributed by atoms with E-state index in [1.807, 2.05) is 0 Å². The molecular weight excluding hydrogens is 258 g/mol. The zero-order valence-electron chi connectivity index (χ0n) is 13.3. The van der Waals surface area contributed by atoms with Crippen LogP contribution >= 0.6 is 0 Å². The zero-order chi connectivity index (χ0) is 15.1. The summed E-state index contributed by atoms with van der Waals surface area (Å²) in [5, 5.41) is 3.49. The van der Waals surface area contributed by atoms with Gasteiger partial charge in [0, 0.05) is 29.9 Å². The summed E-state index contributed by atoms with van der Waals surface area (Å²) in [7, 11) is 0. The maximum absolute atomic E-state index is 4.38. The van der Waals surface area contributed by atoms with Crippen LogP contribution in [0.1, 0.15) is 37.7 Å². The fourth-order valence-corrected chi connectivity index (χ4v) is 2.20. The van der Waals surface area contributed by atoms with Crippen LogP contribution in [0.3, 0.4) is 0 Å². The van der Waals surface area contributed by atoms with Crippen LogP contribution in [0.5, 0.6) is 0 Å². The van der Waals surface area contributed by atoms with Crippen LogP contribution in [0, 0.1) is 0 Å². The summed E-state index contributed by atoms with van der Waals surface area (Å²) in [6.45, 7) is 7.48. The molecular formula is C18H25N3. The van der Waals surface area contributed by atoms with Gasteiger partial charge in [0.1, 0.15) is 6.33 Å². The monoisotopic (exact) mass is 283 g/mol. The van der Waals surface area contributed by atoms with Crippen molar-refractivity contribution in [3.05, 3.63) is 59.7 Å². The van der Waals surface area contributed by atoms with E-state index in [0.29, 0.717) is 0 Å². The molecule has 2 aromatic rings. The lowest BCUT2D eigenvalue weighted by Gasteiger charge is -2.20. The number of nitrogens with one attached hydrogen (secondary N) is 1. The van der Waals surface area contributed by atoms with Crippen molar-refractivity contribution in [3.8, 4) is 0 Å². The Bertz CT molecular complexity index is 544. The van der Waals surface area contributed by atoms with Gasteiger partial charge in [-0.05, 0) is 45.2 Å². The molecule has 0 aliphatic carbocycles. The summed E-state index contributed by atoms with van der Waals surface area (Å²) in [4.78, 5) is 8.74. The quantitative estimate of drug-likeness (QED) is 0.884. The standard InChI is InChI=1S/C18H25N3/c1-18(2,3)21-12-11-17-13-16(19-14-20-17)10-9-15-7-5-4-6-8-15/h4-8,13-14,21H,9-12H2,1-3H3. The van der Waals surface area contributed by atoms with E-state index in [-0.39, 0.29) is 5.54 Å². The van der Waals surface area contributed by atoms with Crippen molar-refractivity contribution in [2.45, 2.75) is 45.6 Å². The summed E-state index contributed by atoms with van der Waals surface area (Å²) in [6, 6.07) is 12.7. The highest BCUT2D eigenvalue weighted by Crippen LogP contribution is 2.07. The molecule has 1 heterocycles. The Morgan fingerprint density at radius 2 is 1.57 bits per heavy atom. The fourth-order valence-electron chi connectivity index (χ4n) is 2.20. The minimum absolute atomic E-state index is 0.156. The van der Waals surface area contributed by atoms with Crippen molar-refractivity contribution < 1.29 is 0 Å². The third-order valence-electron chi connectivity index (χ3n) is 3.33. The lowest BCUT2D eigenvalue weighted by Crippen LogP contribution is -2.37. The predicted molar refractivity (Wildman–Crippen MR) is 87.3 cm³/mol. The van der Waals surface area contributed by atoms with E-state index in [2.05, 4.69) is 72.5 Å². The second-order valence-electron chi connectivity index (χ2n) is 6.41. The lowest BCUT2D eigenvalue weighted by atomic mass is 10.1. The topological polar surface area (TPSA) is 37.8 Å². The van der Waals surface area contributed by atoms with Gasteiger partial charge in [-0.1, -0.05) is 30.3 Å². The molecule has 0 aliphatic heterocycles. The fraction of sp³-hybridized carbons (Fsp3) is 0.444. The maximum Gasteiger partial charge on any atom is 0.115 e. The van der Waals surface area contributed by atoms with Crippen LogP contribution in [0.15, 0.2) is 42.7 Å². The highest BCUT2D eigenvalue weighted by Gasteiger charge is 2.08. The first-order chi connectivity index (χ1) is 10.0. The van der Waals surface area contributed by atoms with Crippen LogP contribution in [0.4, 0.5) is 0 Å². The van der Waals surface area contributed by atoms with Crippen molar-refractivity contribution in [2.24, 2.45) is 0 Å². The van der Waals surface area contributed by atoms with Crippen molar-refractivity contribution >= 4 is 0 Å². The van der Waals surface area contributed by atoms with E-state index in [4.69, 9.17) is 0 Å². The van der Waals surface area contributed by atoms with Gasteiger partial charge in [0.05, 0.1) is 0 Å². The molecule has 0 bridgehead atoms. The second-order valence-corrected chi connectivity index (χ2v) is 6.41. The lowest BCUT2D eigenvalue weighted by molar-refractivity contribution is 0.428. The largest absolute Gasteiger partial charge is 0.312 e. The molecule has 0 unspecified atom stereocenters. The Morgan fingerprint density at radius 1 is 0.905 bits per heavy atom. The molecule has 0 aliphatic rings. The molecule has 0 radical (unpaired) electrons. The Kier molecular flexibility index (Phi) is 5.45. The first-order valence-corrected chi connectivity index (χ1v) is 7.62. The molecule has 0 saturated heterocycles. The molecule has 0 amide bonds. The minimum Gasteiger partial charge on any atom is -0.312 e. The number of aromatic nitrogens is 2. The summed E-state index contributed by atoms with van der Waals surface area (Å²) in [6.07, 6.45) is 4.62. The van der Waals surface area contributed by atoms with E-state index in [1.54, 1.807) is 6.33 Å². The minimum atomic E-state index is 0.156. The van der Waals surface area contributed by atoms with Crippen LogP contribution in [0.25, 0.3) is 0 Å². The van der Waals surface area contributed by atoms with Crippen molar-refractivity contribution in [1.29, 1.82) is 0 Å². The van der Waals surface area contributed by atoms with Crippen molar-refractivity contribution in [2.75, 3.05) is 6.54 Å². The summed E-state index contributed by atoms with van der Waals surface area (Å²) in [5.74, 6) is 0. The normalized spacial score (nSPS) is 11.6. The molecule has 21 heavy (non-hydrogen) atoms.